The summed E-state index contributed by atoms with van der Waals surface area (Å²) in [6, 6.07) is 34.2. The van der Waals surface area contributed by atoms with Crippen molar-refractivity contribution in [3.05, 3.63) is 147 Å². The van der Waals surface area contributed by atoms with E-state index in [1.807, 2.05) is 88.0 Å². The van der Waals surface area contributed by atoms with Crippen LogP contribution in [0.25, 0.3) is 34.0 Å². The van der Waals surface area contributed by atoms with E-state index in [1.165, 1.54) is 5.56 Å². The van der Waals surface area contributed by atoms with Gasteiger partial charge in [0, 0.05) is 38.6 Å². The second kappa shape index (κ2) is 12.6. The van der Waals surface area contributed by atoms with Gasteiger partial charge >= 0.3 is 0 Å². The number of aryl methyl sites for hydroxylation is 1. The van der Waals surface area contributed by atoms with Crippen molar-refractivity contribution >= 4 is 49.7 Å². The Morgan fingerprint density at radius 3 is 2.29 bits per heavy atom. The zero-order valence-corrected chi connectivity index (χ0v) is 29.2. The summed E-state index contributed by atoms with van der Waals surface area (Å²) in [5, 5.41) is 25.3. The average Bonchev–Trinajstić information content (AvgIpc) is 3.92. The summed E-state index contributed by atoms with van der Waals surface area (Å²) in [7, 11) is 0. The van der Waals surface area contributed by atoms with Gasteiger partial charge in [-0.25, -0.2) is 19.4 Å². The maximum absolute atomic E-state index is 6.18. The molecule has 0 saturated carbocycles. The third kappa shape index (κ3) is 5.76. The fourth-order valence-corrected chi connectivity index (χ4v) is 7.10. The van der Waals surface area contributed by atoms with Crippen LogP contribution >= 0.6 is 38.9 Å². The van der Waals surface area contributed by atoms with Crippen molar-refractivity contribution < 1.29 is 0 Å². The molecular formula is C37H28BrClN8S. The van der Waals surface area contributed by atoms with Gasteiger partial charge in [0.05, 0.1) is 34.5 Å². The quantitative estimate of drug-likeness (QED) is 0.163. The Morgan fingerprint density at radius 2 is 1.54 bits per heavy atom. The highest BCUT2D eigenvalue weighted by Gasteiger charge is 2.36. The molecule has 1 aliphatic rings. The number of hydrazone groups is 1. The summed E-state index contributed by atoms with van der Waals surface area (Å²) in [6.45, 7) is 4.11. The standard InChI is InChI=1S/C37H28BrClN8S/c1-23-8-18-30(19-9-23)46-24(2)35(41-44-46)36-31(21-45(43-36)29-6-4-3-5-7-29)34-20-32(25-10-14-27(38)15-11-25)42-47(34)37-40-33(22-48-37)26-12-16-28(39)17-13-26/h3-19,21-22,34H,20H2,1-2H3. The molecule has 3 aromatic heterocycles. The summed E-state index contributed by atoms with van der Waals surface area (Å²) < 4.78 is 4.81. The number of thiazole rings is 1. The van der Waals surface area contributed by atoms with E-state index < -0.39 is 0 Å². The molecule has 0 saturated heterocycles. The molecule has 8 nitrogen and oxygen atoms in total. The lowest BCUT2D eigenvalue weighted by Crippen LogP contribution is -2.18. The average molecular weight is 732 g/mol. The molecule has 48 heavy (non-hydrogen) atoms. The lowest BCUT2D eigenvalue weighted by Gasteiger charge is -2.20. The van der Waals surface area contributed by atoms with Crippen LogP contribution in [-0.2, 0) is 0 Å². The van der Waals surface area contributed by atoms with E-state index in [9.17, 15) is 0 Å². The summed E-state index contributed by atoms with van der Waals surface area (Å²) in [6.07, 6.45) is 2.75. The number of hydrogen-bond donors (Lipinski definition) is 0. The molecule has 4 aromatic carbocycles. The number of aromatic nitrogens is 6. The fourth-order valence-electron chi connectivity index (χ4n) is 5.88. The van der Waals surface area contributed by atoms with E-state index in [-0.39, 0.29) is 6.04 Å². The van der Waals surface area contributed by atoms with Crippen LogP contribution in [0, 0.1) is 13.8 Å². The first kappa shape index (κ1) is 30.4. The summed E-state index contributed by atoms with van der Waals surface area (Å²) >= 11 is 11.3. The Morgan fingerprint density at radius 1 is 0.812 bits per heavy atom. The van der Waals surface area contributed by atoms with Gasteiger partial charge in [-0.15, -0.1) is 16.4 Å². The minimum atomic E-state index is -0.204. The SMILES string of the molecule is Cc1ccc(-n2nnc(-c3nn(-c4ccccc4)cc3C3CC(c4ccc(Br)cc4)=NN3c3nc(-c4ccc(Cl)cc4)cs3)c2C)cc1. The monoisotopic (exact) mass is 730 g/mol. The maximum atomic E-state index is 6.18. The highest BCUT2D eigenvalue weighted by atomic mass is 79.9. The smallest absolute Gasteiger partial charge is 0.207 e. The van der Waals surface area contributed by atoms with Crippen molar-refractivity contribution in [3.8, 4) is 34.0 Å². The minimum absolute atomic E-state index is 0.204. The first-order valence-electron chi connectivity index (χ1n) is 15.4. The highest BCUT2D eigenvalue weighted by molar-refractivity contribution is 9.10. The Balaban J connectivity index is 1.26. The molecule has 0 radical (unpaired) electrons. The third-order valence-electron chi connectivity index (χ3n) is 8.44. The van der Waals surface area contributed by atoms with E-state index in [2.05, 4.69) is 76.0 Å². The van der Waals surface area contributed by atoms with Crippen LogP contribution in [0.4, 0.5) is 5.13 Å². The second-order valence-corrected chi connectivity index (χ2v) is 13.8. The van der Waals surface area contributed by atoms with Crippen molar-refractivity contribution in [2.75, 3.05) is 5.01 Å². The predicted molar refractivity (Wildman–Crippen MR) is 196 cm³/mol. The zero-order chi connectivity index (χ0) is 32.8. The summed E-state index contributed by atoms with van der Waals surface area (Å²) in [4.78, 5) is 5.07. The first-order chi connectivity index (χ1) is 23.4. The molecular weight excluding hydrogens is 704 g/mol. The Bertz CT molecular complexity index is 2260. The van der Waals surface area contributed by atoms with Crippen molar-refractivity contribution in [1.82, 2.24) is 29.8 Å². The van der Waals surface area contributed by atoms with Gasteiger partial charge in [0.15, 0.2) is 0 Å². The van der Waals surface area contributed by atoms with Gasteiger partial charge in [0.25, 0.3) is 0 Å². The minimum Gasteiger partial charge on any atom is -0.240 e. The summed E-state index contributed by atoms with van der Waals surface area (Å²) in [5.41, 5.74) is 10.3. The van der Waals surface area contributed by atoms with Crippen LogP contribution in [0.15, 0.2) is 124 Å². The van der Waals surface area contributed by atoms with Gasteiger partial charge in [-0.05, 0) is 67.9 Å². The molecule has 11 heteroatoms. The number of rotatable bonds is 7. The van der Waals surface area contributed by atoms with Crippen molar-refractivity contribution in [3.63, 3.8) is 0 Å². The number of para-hydroxylation sites is 1. The fraction of sp³-hybridized carbons (Fsp3) is 0.108. The zero-order valence-electron chi connectivity index (χ0n) is 26.0. The lowest BCUT2D eigenvalue weighted by molar-refractivity contribution is 0.707. The van der Waals surface area contributed by atoms with Crippen molar-refractivity contribution in [2.24, 2.45) is 5.10 Å². The van der Waals surface area contributed by atoms with Crippen LogP contribution in [0.5, 0.6) is 0 Å². The molecule has 0 bridgehead atoms. The third-order valence-corrected chi connectivity index (χ3v) is 10.0. The molecule has 236 valence electrons. The number of halogens is 2. The first-order valence-corrected chi connectivity index (χ1v) is 17.4. The molecule has 0 fully saturated rings. The van der Waals surface area contributed by atoms with E-state index in [4.69, 9.17) is 31.9 Å². The van der Waals surface area contributed by atoms with Gasteiger partial charge < -0.3 is 0 Å². The van der Waals surface area contributed by atoms with Gasteiger partial charge in [-0.1, -0.05) is 92.9 Å². The van der Waals surface area contributed by atoms with Gasteiger partial charge in [0.1, 0.15) is 11.4 Å². The van der Waals surface area contributed by atoms with E-state index >= 15 is 0 Å². The summed E-state index contributed by atoms with van der Waals surface area (Å²) in [5.74, 6) is 0. The second-order valence-electron chi connectivity index (χ2n) is 11.6. The van der Waals surface area contributed by atoms with Gasteiger partial charge in [-0.2, -0.15) is 10.2 Å². The number of hydrogen-bond acceptors (Lipinski definition) is 7. The molecule has 0 spiro atoms. The largest absolute Gasteiger partial charge is 0.240 e. The van der Waals surface area contributed by atoms with E-state index in [0.717, 1.165) is 66.2 Å². The maximum Gasteiger partial charge on any atom is 0.207 e. The molecule has 8 rings (SSSR count). The molecule has 1 atom stereocenters. The van der Waals surface area contributed by atoms with Crippen LogP contribution in [-0.4, -0.2) is 35.5 Å². The van der Waals surface area contributed by atoms with Crippen LogP contribution in [0.3, 0.4) is 0 Å². The van der Waals surface area contributed by atoms with Gasteiger partial charge in [0.2, 0.25) is 5.13 Å². The Hall–Kier alpha value is -4.90. The number of anilines is 1. The van der Waals surface area contributed by atoms with Crippen LogP contribution < -0.4 is 5.01 Å². The molecule has 4 heterocycles. The molecule has 1 aliphatic heterocycles. The van der Waals surface area contributed by atoms with Gasteiger partial charge in [-0.3, -0.25) is 0 Å². The van der Waals surface area contributed by atoms with Crippen LogP contribution in [0.1, 0.15) is 34.8 Å². The van der Waals surface area contributed by atoms with E-state index in [0.29, 0.717) is 11.4 Å². The molecule has 0 aliphatic carbocycles. The van der Waals surface area contributed by atoms with Crippen molar-refractivity contribution in [1.29, 1.82) is 0 Å². The molecule has 0 amide bonds. The number of nitrogens with zero attached hydrogens (tertiary/aromatic N) is 8. The highest BCUT2D eigenvalue weighted by Crippen LogP contribution is 2.43. The van der Waals surface area contributed by atoms with Crippen molar-refractivity contribution in [2.45, 2.75) is 26.3 Å². The number of benzene rings is 4. The normalized spacial score (nSPS) is 14.5. The Kier molecular flexibility index (Phi) is 7.99. The van der Waals surface area contributed by atoms with E-state index in [1.54, 1.807) is 11.3 Å². The predicted octanol–water partition coefficient (Wildman–Crippen LogP) is 9.63. The molecule has 7 aromatic rings. The van der Waals surface area contributed by atoms with Crippen LogP contribution in [0.2, 0.25) is 5.02 Å². The lowest BCUT2D eigenvalue weighted by atomic mass is 9.97. The molecule has 0 N–H and O–H groups in total. The molecule has 1 unspecified atom stereocenters. The Labute approximate surface area is 295 Å². The topological polar surface area (TPSA) is 77.0 Å².